The first kappa shape index (κ1) is 14.0. The molecule has 0 fully saturated rings. The van der Waals surface area contributed by atoms with E-state index in [0.29, 0.717) is 0 Å². The molecule has 1 heteroatoms. The van der Waals surface area contributed by atoms with Gasteiger partial charge >= 0.3 is 0 Å². The highest BCUT2D eigenvalue weighted by atomic mass is 19.1. The first-order chi connectivity index (χ1) is 8.33. The van der Waals surface area contributed by atoms with Crippen LogP contribution in [0.2, 0.25) is 0 Å². The lowest BCUT2D eigenvalue weighted by Gasteiger charge is -2.01. The van der Waals surface area contributed by atoms with Crippen LogP contribution in [0.3, 0.4) is 0 Å². The van der Waals surface area contributed by atoms with Crippen molar-refractivity contribution in [2.24, 2.45) is 0 Å². The van der Waals surface area contributed by atoms with Crippen molar-refractivity contribution in [2.75, 3.05) is 0 Å². The molecule has 0 bridgehead atoms. The van der Waals surface area contributed by atoms with E-state index >= 15 is 0 Å². The molecule has 1 rings (SSSR count). The Bertz CT molecular complexity index is 311. The van der Waals surface area contributed by atoms with Crippen LogP contribution in [0.1, 0.15) is 51.0 Å². The number of unbranched alkanes of at least 4 members (excludes halogenated alkanes) is 5. The van der Waals surface area contributed by atoms with E-state index in [1.165, 1.54) is 44.1 Å². The third-order valence-electron chi connectivity index (χ3n) is 2.99. The van der Waals surface area contributed by atoms with E-state index in [1.54, 1.807) is 12.1 Å². The number of hydrogen-bond donors (Lipinski definition) is 0. The van der Waals surface area contributed by atoms with Gasteiger partial charge in [0.1, 0.15) is 5.82 Å². The van der Waals surface area contributed by atoms with E-state index in [-0.39, 0.29) is 5.82 Å². The molecule has 0 amide bonds. The second-order valence-electron chi connectivity index (χ2n) is 4.50. The molecule has 0 saturated heterocycles. The van der Waals surface area contributed by atoms with Crippen molar-refractivity contribution >= 4 is 0 Å². The van der Waals surface area contributed by atoms with Gasteiger partial charge < -0.3 is 0 Å². The fourth-order valence-electron chi connectivity index (χ4n) is 1.94. The molecule has 0 radical (unpaired) electrons. The van der Waals surface area contributed by atoms with Crippen LogP contribution in [-0.2, 0) is 6.42 Å². The van der Waals surface area contributed by atoms with Gasteiger partial charge in [-0.05, 0) is 50.3 Å². The van der Waals surface area contributed by atoms with E-state index in [1.807, 2.05) is 12.1 Å². The van der Waals surface area contributed by atoms with Crippen molar-refractivity contribution in [2.45, 2.75) is 51.9 Å². The van der Waals surface area contributed by atoms with Crippen LogP contribution >= 0.6 is 0 Å². The summed E-state index contributed by atoms with van der Waals surface area (Å²) in [5.74, 6) is -0.141. The summed E-state index contributed by atoms with van der Waals surface area (Å²) in [5.41, 5.74) is 1.25. The quantitative estimate of drug-likeness (QED) is 0.424. The lowest BCUT2D eigenvalue weighted by molar-refractivity contribution is 0.613. The summed E-state index contributed by atoms with van der Waals surface area (Å²) in [7, 11) is 0. The molecule has 17 heavy (non-hydrogen) atoms. The summed E-state index contributed by atoms with van der Waals surface area (Å²) in [6.07, 6.45) is 13.1. The van der Waals surface area contributed by atoms with Crippen LogP contribution < -0.4 is 0 Å². The molecular weight excluding hydrogens is 211 g/mol. The molecule has 0 saturated carbocycles. The van der Waals surface area contributed by atoms with Gasteiger partial charge in [-0.3, -0.25) is 0 Å². The Morgan fingerprint density at radius 1 is 0.941 bits per heavy atom. The fraction of sp³-hybridized carbons (Fsp3) is 0.500. The first-order valence-corrected chi connectivity index (χ1v) is 6.68. The highest BCUT2D eigenvalue weighted by Gasteiger charge is 1.94. The normalized spacial score (nSPS) is 11.2. The number of rotatable bonds is 8. The summed E-state index contributed by atoms with van der Waals surface area (Å²) in [4.78, 5) is 0. The minimum absolute atomic E-state index is 0.141. The second-order valence-corrected chi connectivity index (χ2v) is 4.50. The van der Waals surface area contributed by atoms with Crippen LogP contribution in [0.15, 0.2) is 36.4 Å². The molecule has 0 unspecified atom stereocenters. The lowest BCUT2D eigenvalue weighted by Crippen LogP contribution is -1.86. The summed E-state index contributed by atoms with van der Waals surface area (Å²) in [6, 6.07) is 6.88. The van der Waals surface area contributed by atoms with Crippen molar-refractivity contribution in [3.63, 3.8) is 0 Å². The van der Waals surface area contributed by atoms with Gasteiger partial charge in [0.15, 0.2) is 0 Å². The third-order valence-corrected chi connectivity index (χ3v) is 2.99. The molecule has 0 atom stereocenters. The van der Waals surface area contributed by atoms with Crippen LogP contribution in [0.5, 0.6) is 0 Å². The van der Waals surface area contributed by atoms with Gasteiger partial charge in [0.05, 0.1) is 0 Å². The highest BCUT2D eigenvalue weighted by Crippen LogP contribution is 2.10. The zero-order chi connectivity index (χ0) is 12.3. The van der Waals surface area contributed by atoms with Gasteiger partial charge in [0.2, 0.25) is 0 Å². The molecule has 0 aliphatic carbocycles. The molecule has 1 aromatic rings. The fourth-order valence-corrected chi connectivity index (χ4v) is 1.94. The van der Waals surface area contributed by atoms with Gasteiger partial charge in [0.25, 0.3) is 0 Å². The average Bonchev–Trinajstić information content (AvgIpc) is 2.35. The zero-order valence-electron chi connectivity index (χ0n) is 10.8. The van der Waals surface area contributed by atoms with Gasteiger partial charge in [-0.2, -0.15) is 0 Å². The predicted octanol–water partition coefficient (Wildman–Crippen LogP) is 5.28. The average molecular weight is 234 g/mol. The number of aryl methyl sites for hydroxylation is 1. The van der Waals surface area contributed by atoms with E-state index in [9.17, 15) is 4.39 Å². The van der Waals surface area contributed by atoms with Crippen molar-refractivity contribution in [3.05, 3.63) is 47.8 Å². The predicted molar refractivity (Wildman–Crippen MR) is 72.6 cm³/mol. The summed E-state index contributed by atoms with van der Waals surface area (Å²) in [5, 5.41) is 0. The Morgan fingerprint density at radius 2 is 1.59 bits per heavy atom. The van der Waals surface area contributed by atoms with Crippen molar-refractivity contribution in [3.8, 4) is 0 Å². The van der Waals surface area contributed by atoms with Crippen LogP contribution in [-0.4, -0.2) is 0 Å². The Kier molecular flexibility index (Phi) is 7.37. The smallest absolute Gasteiger partial charge is 0.123 e. The molecule has 0 N–H and O–H groups in total. The van der Waals surface area contributed by atoms with Gasteiger partial charge in [0, 0.05) is 0 Å². The standard InChI is InChI=1S/C16H23F/c1-2-3-4-5-6-7-8-9-10-15-11-13-16(17)14-12-15/h2-3,11-14H,4-10H2,1H3/b3-2+. The molecule has 0 aliphatic rings. The maximum absolute atomic E-state index is 12.7. The molecule has 0 nitrogen and oxygen atoms in total. The van der Waals surface area contributed by atoms with Crippen molar-refractivity contribution < 1.29 is 4.39 Å². The molecule has 0 spiro atoms. The largest absolute Gasteiger partial charge is 0.207 e. The Hall–Kier alpha value is -1.11. The monoisotopic (exact) mass is 234 g/mol. The number of halogens is 1. The number of hydrogen-bond acceptors (Lipinski definition) is 0. The van der Waals surface area contributed by atoms with Crippen LogP contribution in [0, 0.1) is 5.82 Å². The van der Waals surface area contributed by atoms with E-state index < -0.39 is 0 Å². The maximum Gasteiger partial charge on any atom is 0.123 e. The van der Waals surface area contributed by atoms with Crippen LogP contribution in [0.4, 0.5) is 4.39 Å². The molecule has 0 aliphatic heterocycles. The minimum Gasteiger partial charge on any atom is -0.207 e. The van der Waals surface area contributed by atoms with E-state index in [2.05, 4.69) is 19.1 Å². The summed E-state index contributed by atoms with van der Waals surface area (Å²) in [6.45, 7) is 2.07. The summed E-state index contributed by atoms with van der Waals surface area (Å²) < 4.78 is 12.7. The van der Waals surface area contributed by atoms with Gasteiger partial charge in [-0.1, -0.05) is 43.5 Å². The van der Waals surface area contributed by atoms with Crippen LogP contribution in [0.25, 0.3) is 0 Å². The van der Waals surface area contributed by atoms with Gasteiger partial charge in [-0.15, -0.1) is 0 Å². The topological polar surface area (TPSA) is 0 Å². The van der Waals surface area contributed by atoms with E-state index in [0.717, 1.165) is 6.42 Å². The highest BCUT2D eigenvalue weighted by molar-refractivity contribution is 5.15. The van der Waals surface area contributed by atoms with Crippen molar-refractivity contribution in [1.82, 2.24) is 0 Å². The SMILES string of the molecule is C/C=C/CCCCCCCc1ccc(F)cc1. The summed E-state index contributed by atoms with van der Waals surface area (Å²) >= 11 is 0. The minimum atomic E-state index is -0.141. The zero-order valence-corrected chi connectivity index (χ0v) is 10.8. The molecule has 0 aromatic heterocycles. The molecule has 0 heterocycles. The second kappa shape index (κ2) is 8.98. The molecular formula is C16H23F. The molecule has 94 valence electrons. The number of allylic oxidation sites excluding steroid dienone is 2. The third kappa shape index (κ3) is 6.93. The van der Waals surface area contributed by atoms with Crippen molar-refractivity contribution in [1.29, 1.82) is 0 Å². The molecule has 1 aromatic carbocycles. The lowest BCUT2D eigenvalue weighted by atomic mass is 10.0. The Balaban J connectivity index is 1.99. The van der Waals surface area contributed by atoms with E-state index in [4.69, 9.17) is 0 Å². The maximum atomic E-state index is 12.7. The first-order valence-electron chi connectivity index (χ1n) is 6.68. The Morgan fingerprint density at radius 3 is 2.29 bits per heavy atom. The Labute approximate surface area is 105 Å². The van der Waals surface area contributed by atoms with Gasteiger partial charge in [-0.25, -0.2) is 4.39 Å². The number of benzene rings is 1.